The minimum Gasteiger partial charge on any atom is -0.445 e. The highest BCUT2D eigenvalue weighted by Gasteiger charge is 2.45. The molecule has 1 amide bonds. The monoisotopic (exact) mass is 385 g/mol. The number of nitrogens with zero attached hydrogens (tertiary/aromatic N) is 1. The average Bonchev–Trinajstić information content (AvgIpc) is 2.99. The first kappa shape index (κ1) is 20.9. The lowest BCUT2D eigenvalue weighted by Crippen LogP contribution is -2.48. The van der Waals surface area contributed by atoms with E-state index in [1.807, 2.05) is 35.2 Å². The van der Waals surface area contributed by atoms with Crippen LogP contribution in [0.4, 0.5) is 4.79 Å². The maximum Gasteiger partial charge on any atom is 0.410 e. The van der Waals surface area contributed by atoms with Crippen LogP contribution >= 0.6 is 0 Å². The normalized spacial score (nSPS) is 23.6. The fraction of sp³-hybridized carbons (Fsp3) is 0.667. The zero-order valence-electron chi connectivity index (χ0n) is 17.3. The first-order valence-electron chi connectivity index (χ1n) is 11.2. The van der Waals surface area contributed by atoms with Crippen molar-refractivity contribution in [2.24, 2.45) is 5.92 Å². The highest BCUT2D eigenvalue weighted by atomic mass is 16.6. The topological polar surface area (TPSA) is 46.6 Å². The quantitative estimate of drug-likeness (QED) is 0.472. The fourth-order valence-electron chi connectivity index (χ4n) is 4.82. The molecule has 2 bridgehead atoms. The van der Waals surface area contributed by atoms with Gasteiger partial charge < -0.3 is 9.64 Å². The van der Waals surface area contributed by atoms with Crippen LogP contribution in [0.3, 0.4) is 0 Å². The number of amides is 1. The Morgan fingerprint density at radius 2 is 1.61 bits per heavy atom. The van der Waals surface area contributed by atoms with Crippen LogP contribution in [0.5, 0.6) is 0 Å². The Morgan fingerprint density at radius 3 is 2.29 bits per heavy atom. The third-order valence-electron chi connectivity index (χ3n) is 6.38. The van der Waals surface area contributed by atoms with Gasteiger partial charge in [-0.25, -0.2) is 4.79 Å². The molecule has 1 aromatic rings. The molecule has 0 N–H and O–H groups in total. The smallest absolute Gasteiger partial charge is 0.410 e. The summed E-state index contributed by atoms with van der Waals surface area (Å²) >= 11 is 0. The average molecular weight is 386 g/mol. The van der Waals surface area contributed by atoms with E-state index in [4.69, 9.17) is 4.74 Å². The molecular formula is C24H35NO3. The van der Waals surface area contributed by atoms with E-state index in [1.165, 1.54) is 32.1 Å². The van der Waals surface area contributed by atoms with Crippen LogP contribution in [0.2, 0.25) is 0 Å². The molecule has 3 rings (SSSR count). The van der Waals surface area contributed by atoms with Gasteiger partial charge in [-0.05, 0) is 37.7 Å². The van der Waals surface area contributed by atoms with Gasteiger partial charge in [0.1, 0.15) is 12.4 Å². The Morgan fingerprint density at radius 1 is 0.964 bits per heavy atom. The first-order valence-corrected chi connectivity index (χ1v) is 11.2. The van der Waals surface area contributed by atoms with E-state index in [0.29, 0.717) is 18.8 Å². The van der Waals surface area contributed by atoms with Crippen molar-refractivity contribution in [3.63, 3.8) is 0 Å². The third kappa shape index (κ3) is 5.59. The van der Waals surface area contributed by atoms with Crippen LogP contribution in [0.1, 0.15) is 83.1 Å². The van der Waals surface area contributed by atoms with Gasteiger partial charge in [-0.3, -0.25) is 4.79 Å². The van der Waals surface area contributed by atoms with Gasteiger partial charge in [0.2, 0.25) is 0 Å². The summed E-state index contributed by atoms with van der Waals surface area (Å²) in [6.45, 7) is 2.54. The second-order valence-electron chi connectivity index (χ2n) is 8.48. The molecule has 0 saturated carbocycles. The van der Waals surface area contributed by atoms with Crippen molar-refractivity contribution in [2.75, 3.05) is 0 Å². The van der Waals surface area contributed by atoms with Gasteiger partial charge in [-0.15, -0.1) is 0 Å². The van der Waals surface area contributed by atoms with E-state index in [1.54, 1.807) is 0 Å². The molecule has 2 aliphatic heterocycles. The highest BCUT2D eigenvalue weighted by Crippen LogP contribution is 2.40. The Hall–Kier alpha value is -1.84. The van der Waals surface area contributed by atoms with Gasteiger partial charge in [0, 0.05) is 24.4 Å². The number of rotatable bonds is 10. The Labute approximate surface area is 169 Å². The maximum atomic E-state index is 12.7. The number of fused-ring (bicyclic) bond motifs is 2. The summed E-state index contributed by atoms with van der Waals surface area (Å²) in [5.41, 5.74) is 1.01. The van der Waals surface area contributed by atoms with Crippen molar-refractivity contribution in [1.82, 2.24) is 4.90 Å². The van der Waals surface area contributed by atoms with Crippen molar-refractivity contribution in [2.45, 2.75) is 96.2 Å². The molecule has 154 valence electrons. The Kier molecular flexibility index (Phi) is 7.93. The number of hydrogen-bond donors (Lipinski definition) is 0. The molecule has 1 aromatic carbocycles. The third-order valence-corrected chi connectivity index (χ3v) is 6.38. The summed E-state index contributed by atoms with van der Waals surface area (Å²) in [6.07, 6.45) is 11.5. The molecule has 28 heavy (non-hydrogen) atoms. The first-order chi connectivity index (χ1) is 13.7. The number of ketones is 1. The summed E-state index contributed by atoms with van der Waals surface area (Å²) in [5, 5.41) is 0. The van der Waals surface area contributed by atoms with E-state index in [9.17, 15) is 9.59 Å². The van der Waals surface area contributed by atoms with E-state index < -0.39 is 0 Å². The summed E-state index contributed by atoms with van der Waals surface area (Å²) in [7, 11) is 0. The van der Waals surface area contributed by atoms with Gasteiger partial charge in [0.25, 0.3) is 0 Å². The zero-order valence-corrected chi connectivity index (χ0v) is 17.3. The van der Waals surface area contributed by atoms with Crippen molar-refractivity contribution < 1.29 is 14.3 Å². The molecule has 4 nitrogen and oxygen atoms in total. The summed E-state index contributed by atoms with van der Waals surface area (Å²) in [5.74, 6) is 0.566. The largest absolute Gasteiger partial charge is 0.445 e. The number of ether oxygens (including phenoxy) is 1. The van der Waals surface area contributed by atoms with Gasteiger partial charge in [0.05, 0.1) is 0 Å². The number of carbonyl (C=O) groups is 2. The number of hydrogen-bond acceptors (Lipinski definition) is 3. The second kappa shape index (κ2) is 10.6. The predicted molar refractivity (Wildman–Crippen MR) is 111 cm³/mol. The molecule has 2 saturated heterocycles. The highest BCUT2D eigenvalue weighted by molar-refractivity contribution is 5.81. The van der Waals surface area contributed by atoms with Gasteiger partial charge >= 0.3 is 6.09 Å². The molecule has 2 atom stereocenters. The van der Waals surface area contributed by atoms with Crippen LogP contribution in [0.25, 0.3) is 0 Å². The number of unbranched alkanes of at least 4 members (excludes halogenated alkanes) is 5. The minimum atomic E-state index is -0.210. The Balaban J connectivity index is 1.42. The molecular weight excluding hydrogens is 350 g/mol. The zero-order chi connectivity index (χ0) is 19.8. The molecule has 2 heterocycles. The maximum absolute atomic E-state index is 12.7. The van der Waals surface area contributed by atoms with E-state index in [0.717, 1.165) is 37.7 Å². The summed E-state index contributed by atoms with van der Waals surface area (Å²) in [6, 6.07) is 10.2. The van der Waals surface area contributed by atoms with Gasteiger partial charge in [0.15, 0.2) is 0 Å². The summed E-state index contributed by atoms with van der Waals surface area (Å²) in [4.78, 5) is 27.2. The SMILES string of the molecule is CCCCCCCCC(=O)C1CC2CCC(C1)N2C(=O)OCc1ccccc1. The molecule has 4 heteroatoms. The van der Waals surface area contributed by atoms with Crippen LogP contribution < -0.4 is 0 Å². The molecule has 2 aliphatic rings. The van der Waals surface area contributed by atoms with E-state index >= 15 is 0 Å². The lowest BCUT2D eigenvalue weighted by molar-refractivity contribution is -0.125. The second-order valence-corrected chi connectivity index (χ2v) is 8.48. The molecule has 0 spiro atoms. The predicted octanol–water partition coefficient (Wildman–Crippen LogP) is 5.89. The van der Waals surface area contributed by atoms with Crippen LogP contribution in [-0.2, 0) is 16.1 Å². The van der Waals surface area contributed by atoms with E-state index in [2.05, 4.69) is 6.92 Å². The number of piperidine rings is 1. The van der Waals surface area contributed by atoms with Gasteiger partial charge in [-0.1, -0.05) is 69.4 Å². The molecule has 0 aliphatic carbocycles. The van der Waals surface area contributed by atoms with Crippen molar-refractivity contribution >= 4 is 11.9 Å². The lowest BCUT2D eigenvalue weighted by Gasteiger charge is -2.37. The summed E-state index contributed by atoms with van der Waals surface area (Å²) < 4.78 is 5.56. The number of Topliss-reactive ketones (excluding diaryl/α,β-unsaturated/α-hetero) is 1. The lowest BCUT2D eigenvalue weighted by atomic mass is 9.85. The number of carbonyl (C=O) groups excluding carboxylic acids is 2. The molecule has 0 radical (unpaired) electrons. The van der Waals surface area contributed by atoms with Crippen LogP contribution in [0, 0.1) is 5.92 Å². The minimum absolute atomic E-state index is 0.145. The van der Waals surface area contributed by atoms with Crippen LogP contribution in [-0.4, -0.2) is 28.9 Å². The molecule has 0 aromatic heterocycles. The van der Waals surface area contributed by atoms with Crippen molar-refractivity contribution in [3.8, 4) is 0 Å². The standard InChI is InChI=1S/C24H35NO3/c1-2-3-4-5-6-10-13-23(26)20-16-21-14-15-22(17-20)25(21)24(27)28-18-19-11-8-7-9-12-19/h7-9,11-12,20-22H,2-6,10,13-18H2,1H3. The molecule has 2 fully saturated rings. The van der Waals surface area contributed by atoms with Crippen molar-refractivity contribution in [1.29, 1.82) is 0 Å². The van der Waals surface area contributed by atoms with Crippen LogP contribution in [0.15, 0.2) is 30.3 Å². The molecule has 2 unspecified atom stereocenters. The fourth-order valence-corrected chi connectivity index (χ4v) is 4.82. The van der Waals surface area contributed by atoms with E-state index in [-0.39, 0.29) is 24.1 Å². The Bertz CT molecular complexity index is 616. The van der Waals surface area contributed by atoms with Crippen molar-refractivity contribution in [3.05, 3.63) is 35.9 Å². The van der Waals surface area contributed by atoms with Gasteiger partial charge in [-0.2, -0.15) is 0 Å². The number of benzene rings is 1.